The number of methoxy groups -OCH3 is 1. The van der Waals surface area contributed by atoms with Crippen molar-refractivity contribution < 1.29 is 9.53 Å². The molecule has 0 amide bonds. The molecule has 1 atom stereocenters. The molecule has 4 nitrogen and oxygen atoms in total. The maximum atomic E-state index is 12.0. The molecule has 0 radical (unpaired) electrons. The molecule has 1 aromatic heterocycles. The second-order valence-electron chi connectivity index (χ2n) is 4.35. The zero-order chi connectivity index (χ0) is 13.1. The zero-order valence-electron chi connectivity index (χ0n) is 11.0. The third kappa shape index (κ3) is 2.29. The Morgan fingerprint density at radius 2 is 2.17 bits per heavy atom. The van der Waals surface area contributed by atoms with Gasteiger partial charge < -0.3 is 9.30 Å². The van der Waals surface area contributed by atoms with Gasteiger partial charge in [0.1, 0.15) is 11.9 Å². The van der Waals surface area contributed by atoms with Gasteiger partial charge in [-0.05, 0) is 18.6 Å². The Hall–Kier alpha value is -1.68. The molecule has 0 aliphatic carbocycles. The van der Waals surface area contributed by atoms with Crippen LogP contribution >= 0.6 is 0 Å². The monoisotopic (exact) mass is 246 g/mol. The van der Waals surface area contributed by atoms with Crippen LogP contribution in [0.2, 0.25) is 0 Å². The van der Waals surface area contributed by atoms with E-state index in [1.165, 1.54) is 0 Å². The standard InChI is InChI=1S/C14H18N2O2/c1-4-13(18-3)12(17)9-14-15-10-7-5-6-8-11(10)16(14)2/h5-8,13H,4,9H2,1-3H3. The first-order valence-corrected chi connectivity index (χ1v) is 6.13. The van der Waals surface area contributed by atoms with Crippen molar-refractivity contribution in [1.82, 2.24) is 9.55 Å². The van der Waals surface area contributed by atoms with Crippen molar-refractivity contribution in [3.8, 4) is 0 Å². The highest BCUT2D eigenvalue weighted by Gasteiger charge is 2.18. The molecule has 1 unspecified atom stereocenters. The van der Waals surface area contributed by atoms with E-state index in [4.69, 9.17) is 4.74 Å². The average Bonchev–Trinajstić information content (AvgIpc) is 2.68. The Morgan fingerprint density at radius 1 is 1.44 bits per heavy atom. The van der Waals surface area contributed by atoms with Gasteiger partial charge in [-0.2, -0.15) is 0 Å². The van der Waals surface area contributed by atoms with Gasteiger partial charge in [-0.15, -0.1) is 0 Å². The summed E-state index contributed by atoms with van der Waals surface area (Å²) in [5.74, 6) is 0.870. The van der Waals surface area contributed by atoms with E-state index in [1.807, 2.05) is 42.8 Å². The number of fused-ring (bicyclic) bond motifs is 1. The van der Waals surface area contributed by atoms with Crippen LogP contribution < -0.4 is 0 Å². The molecule has 0 saturated heterocycles. The number of aryl methyl sites for hydroxylation is 1. The highest BCUT2D eigenvalue weighted by molar-refractivity contribution is 5.86. The average molecular weight is 246 g/mol. The molecule has 2 aromatic rings. The van der Waals surface area contributed by atoms with E-state index in [0.29, 0.717) is 12.8 Å². The van der Waals surface area contributed by atoms with E-state index in [1.54, 1.807) is 7.11 Å². The smallest absolute Gasteiger partial charge is 0.169 e. The Bertz CT molecular complexity index is 556. The number of ketones is 1. The van der Waals surface area contributed by atoms with Crippen molar-refractivity contribution in [2.24, 2.45) is 7.05 Å². The zero-order valence-corrected chi connectivity index (χ0v) is 11.0. The van der Waals surface area contributed by atoms with Crippen LogP contribution in [0, 0.1) is 0 Å². The predicted molar refractivity (Wildman–Crippen MR) is 70.5 cm³/mol. The van der Waals surface area contributed by atoms with Crippen LogP contribution in [0.25, 0.3) is 11.0 Å². The Balaban J connectivity index is 2.27. The van der Waals surface area contributed by atoms with Gasteiger partial charge in [0.15, 0.2) is 5.78 Å². The van der Waals surface area contributed by atoms with Crippen molar-refractivity contribution >= 4 is 16.8 Å². The normalized spacial score (nSPS) is 12.8. The van der Waals surface area contributed by atoms with Crippen LogP contribution in [0.15, 0.2) is 24.3 Å². The lowest BCUT2D eigenvalue weighted by Crippen LogP contribution is -2.24. The number of hydrogen-bond donors (Lipinski definition) is 0. The first kappa shape index (κ1) is 12.8. The predicted octanol–water partition coefficient (Wildman–Crippen LogP) is 2.11. The van der Waals surface area contributed by atoms with E-state index in [0.717, 1.165) is 16.9 Å². The number of aromatic nitrogens is 2. The van der Waals surface area contributed by atoms with E-state index in [9.17, 15) is 4.79 Å². The van der Waals surface area contributed by atoms with E-state index in [-0.39, 0.29) is 11.9 Å². The fourth-order valence-corrected chi connectivity index (χ4v) is 2.15. The SMILES string of the molecule is CCC(OC)C(=O)Cc1nc2ccccc2n1C. The van der Waals surface area contributed by atoms with Gasteiger partial charge in [0.05, 0.1) is 17.5 Å². The van der Waals surface area contributed by atoms with Crippen molar-refractivity contribution in [2.75, 3.05) is 7.11 Å². The van der Waals surface area contributed by atoms with Gasteiger partial charge in [0.2, 0.25) is 0 Å². The molecule has 0 fully saturated rings. The molecule has 0 saturated carbocycles. The van der Waals surface area contributed by atoms with E-state index >= 15 is 0 Å². The number of carbonyl (C=O) groups excluding carboxylic acids is 1. The molecular formula is C14H18N2O2. The minimum Gasteiger partial charge on any atom is -0.374 e. The fourth-order valence-electron chi connectivity index (χ4n) is 2.15. The van der Waals surface area contributed by atoms with Crippen molar-refractivity contribution in [3.05, 3.63) is 30.1 Å². The molecule has 0 bridgehead atoms. The number of Topliss-reactive ketones (excluding diaryl/α,β-unsaturated/α-hetero) is 1. The van der Waals surface area contributed by atoms with Crippen LogP contribution in [0.1, 0.15) is 19.2 Å². The number of rotatable bonds is 5. The summed E-state index contributed by atoms with van der Waals surface area (Å²) in [7, 11) is 3.51. The number of nitrogens with zero attached hydrogens (tertiary/aromatic N) is 2. The van der Waals surface area contributed by atoms with Crippen LogP contribution in [-0.2, 0) is 23.0 Å². The largest absolute Gasteiger partial charge is 0.374 e. The number of hydrogen-bond acceptors (Lipinski definition) is 3. The molecule has 4 heteroatoms. The van der Waals surface area contributed by atoms with Crippen molar-refractivity contribution in [3.63, 3.8) is 0 Å². The summed E-state index contributed by atoms with van der Waals surface area (Å²) < 4.78 is 7.13. The summed E-state index contributed by atoms with van der Waals surface area (Å²) in [6.07, 6.45) is 0.682. The summed E-state index contributed by atoms with van der Waals surface area (Å²) in [6.45, 7) is 1.95. The van der Waals surface area contributed by atoms with Gasteiger partial charge in [-0.25, -0.2) is 4.98 Å². The first-order valence-electron chi connectivity index (χ1n) is 6.13. The van der Waals surface area contributed by atoms with Crippen LogP contribution in [-0.4, -0.2) is 28.5 Å². The summed E-state index contributed by atoms with van der Waals surface area (Å²) >= 11 is 0. The lowest BCUT2D eigenvalue weighted by atomic mass is 10.1. The number of ether oxygens (including phenoxy) is 1. The number of benzene rings is 1. The lowest BCUT2D eigenvalue weighted by Gasteiger charge is -2.11. The third-order valence-electron chi connectivity index (χ3n) is 3.23. The second kappa shape index (κ2) is 5.31. The summed E-state index contributed by atoms with van der Waals surface area (Å²) in [5.41, 5.74) is 1.97. The van der Waals surface area contributed by atoms with Gasteiger partial charge >= 0.3 is 0 Å². The Labute approximate surface area is 107 Å². The summed E-state index contributed by atoms with van der Waals surface area (Å²) in [6, 6.07) is 7.88. The van der Waals surface area contributed by atoms with Crippen LogP contribution in [0.5, 0.6) is 0 Å². The molecule has 18 heavy (non-hydrogen) atoms. The number of imidazole rings is 1. The summed E-state index contributed by atoms with van der Waals surface area (Å²) in [5, 5.41) is 0. The quantitative estimate of drug-likeness (QED) is 0.811. The fraction of sp³-hybridized carbons (Fsp3) is 0.429. The van der Waals surface area contributed by atoms with Gasteiger partial charge in [-0.1, -0.05) is 19.1 Å². The first-order chi connectivity index (χ1) is 8.67. The minimum absolute atomic E-state index is 0.0819. The molecule has 2 rings (SSSR count). The second-order valence-corrected chi connectivity index (χ2v) is 4.35. The van der Waals surface area contributed by atoms with Gasteiger partial charge in [-0.3, -0.25) is 4.79 Å². The highest BCUT2D eigenvalue weighted by Crippen LogP contribution is 2.15. The molecule has 0 aliphatic heterocycles. The molecule has 0 spiro atoms. The molecule has 0 N–H and O–H groups in total. The van der Waals surface area contributed by atoms with Crippen LogP contribution in [0.4, 0.5) is 0 Å². The van der Waals surface area contributed by atoms with Crippen LogP contribution in [0.3, 0.4) is 0 Å². The lowest BCUT2D eigenvalue weighted by molar-refractivity contribution is -0.128. The van der Waals surface area contributed by atoms with E-state index < -0.39 is 0 Å². The molecule has 1 aromatic carbocycles. The number of para-hydroxylation sites is 2. The van der Waals surface area contributed by atoms with E-state index in [2.05, 4.69) is 4.98 Å². The molecule has 1 heterocycles. The Morgan fingerprint density at radius 3 is 2.78 bits per heavy atom. The topological polar surface area (TPSA) is 44.1 Å². The molecule has 0 aliphatic rings. The van der Waals surface area contributed by atoms with Gasteiger partial charge in [0, 0.05) is 14.2 Å². The number of carbonyl (C=O) groups is 1. The Kier molecular flexibility index (Phi) is 3.77. The highest BCUT2D eigenvalue weighted by atomic mass is 16.5. The molecule has 96 valence electrons. The maximum Gasteiger partial charge on any atom is 0.169 e. The van der Waals surface area contributed by atoms with Crippen molar-refractivity contribution in [1.29, 1.82) is 0 Å². The molecular weight excluding hydrogens is 228 g/mol. The third-order valence-corrected chi connectivity index (χ3v) is 3.23. The van der Waals surface area contributed by atoms with Crippen molar-refractivity contribution in [2.45, 2.75) is 25.9 Å². The summed E-state index contributed by atoms with van der Waals surface area (Å²) in [4.78, 5) is 16.5. The minimum atomic E-state index is -0.329. The maximum absolute atomic E-state index is 12.0. The van der Waals surface area contributed by atoms with Gasteiger partial charge in [0.25, 0.3) is 0 Å².